The van der Waals surface area contributed by atoms with Crippen LogP contribution in [0.1, 0.15) is 51.4 Å². The first-order valence-electron chi connectivity index (χ1n) is 8.43. The van der Waals surface area contributed by atoms with Gasteiger partial charge in [-0.15, -0.1) is 0 Å². The zero-order valence-corrected chi connectivity index (χ0v) is 13.3. The summed E-state index contributed by atoms with van der Waals surface area (Å²) >= 11 is 0. The van der Waals surface area contributed by atoms with Crippen LogP contribution in [0, 0.1) is 23.7 Å². The van der Waals surface area contributed by atoms with Crippen LogP contribution in [0.3, 0.4) is 0 Å². The molecule has 1 heterocycles. The topological polar surface area (TPSA) is 63.2 Å². The molecule has 0 aromatic rings. The van der Waals surface area contributed by atoms with Crippen molar-refractivity contribution in [1.29, 1.82) is 0 Å². The van der Waals surface area contributed by atoms with Gasteiger partial charge in [-0.1, -0.05) is 0 Å². The van der Waals surface area contributed by atoms with Gasteiger partial charge >= 0.3 is 0 Å². The van der Waals surface area contributed by atoms with Gasteiger partial charge in [-0.05, 0) is 68.6 Å². The largest absolute Gasteiger partial charge is 0.351 e. The fourth-order valence-corrected chi connectivity index (χ4v) is 7.77. The Balaban J connectivity index is 1.39. The highest BCUT2D eigenvalue weighted by atomic mass is 32.2. The van der Waals surface area contributed by atoms with Gasteiger partial charge in [0, 0.05) is 12.0 Å². The smallest absolute Gasteiger partial charge is 0.220 e. The summed E-state index contributed by atoms with van der Waals surface area (Å²) in [5.74, 6) is 3.09. The lowest BCUT2D eigenvalue weighted by molar-refractivity contribution is -0.127. The van der Waals surface area contributed by atoms with E-state index in [2.05, 4.69) is 5.32 Å². The molecule has 1 N–H and O–H groups in total. The molecule has 4 saturated carbocycles. The normalized spacial score (nSPS) is 46.7. The van der Waals surface area contributed by atoms with E-state index in [9.17, 15) is 13.2 Å². The molecule has 5 rings (SSSR count). The van der Waals surface area contributed by atoms with Crippen molar-refractivity contribution in [2.45, 2.75) is 56.9 Å². The quantitative estimate of drug-likeness (QED) is 0.866. The van der Waals surface area contributed by atoms with Crippen LogP contribution in [-0.4, -0.2) is 31.4 Å². The molecular weight excluding hydrogens is 286 g/mol. The Kier molecular flexibility index (Phi) is 3.15. The number of rotatable bonds is 3. The second-order valence-corrected chi connectivity index (χ2v) is 10.4. The van der Waals surface area contributed by atoms with Crippen LogP contribution < -0.4 is 5.32 Å². The summed E-state index contributed by atoms with van der Waals surface area (Å²) in [6.07, 6.45) is 8.66. The Bertz CT molecular complexity index is 519. The summed E-state index contributed by atoms with van der Waals surface area (Å²) in [4.78, 5) is 12.4. The maximum atomic E-state index is 12.4. The average Bonchev–Trinajstić information content (AvgIpc) is 2.65. The summed E-state index contributed by atoms with van der Waals surface area (Å²) in [5.41, 5.74) is 0.0588. The van der Waals surface area contributed by atoms with Crippen LogP contribution in [0.25, 0.3) is 0 Å². The molecule has 1 aliphatic heterocycles. The van der Waals surface area contributed by atoms with E-state index in [0.717, 1.165) is 37.0 Å². The minimum absolute atomic E-state index is 0.0453. The first-order valence-corrected chi connectivity index (χ1v) is 10.2. The van der Waals surface area contributed by atoms with Gasteiger partial charge in [0.25, 0.3) is 0 Å². The summed E-state index contributed by atoms with van der Waals surface area (Å²) in [6, 6.07) is 0. The maximum Gasteiger partial charge on any atom is 0.220 e. The summed E-state index contributed by atoms with van der Waals surface area (Å²) in [7, 11) is -2.87. The molecule has 4 aliphatic carbocycles. The highest BCUT2D eigenvalue weighted by molar-refractivity contribution is 7.91. The minimum Gasteiger partial charge on any atom is -0.351 e. The van der Waals surface area contributed by atoms with Crippen molar-refractivity contribution >= 4 is 15.7 Å². The monoisotopic (exact) mass is 311 g/mol. The fraction of sp³-hybridized carbons (Fsp3) is 0.938. The zero-order valence-electron chi connectivity index (χ0n) is 12.5. The van der Waals surface area contributed by atoms with Crippen molar-refractivity contribution in [2.75, 3.05) is 11.5 Å². The van der Waals surface area contributed by atoms with E-state index in [1.54, 1.807) is 0 Å². The van der Waals surface area contributed by atoms with E-state index < -0.39 is 9.84 Å². The molecule has 0 radical (unpaired) electrons. The van der Waals surface area contributed by atoms with E-state index in [1.807, 2.05) is 0 Å². The molecule has 5 fully saturated rings. The summed E-state index contributed by atoms with van der Waals surface area (Å²) in [5, 5.41) is 3.35. The van der Waals surface area contributed by atoms with Gasteiger partial charge in [-0.25, -0.2) is 8.42 Å². The Morgan fingerprint density at radius 2 is 1.62 bits per heavy atom. The van der Waals surface area contributed by atoms with Gasteiger partial charge in [0.1, 0.15) is 0 Å². The van der Waals surface area contributed by atoms with Crippen molar-refractivity contribution in [3.63, 3.8) is 0 Å². The number of hydrogen-bond acceptors (Lipinski definition) is 3. The lowest BCUT2D eigenvalue weighted by Gasteiger charge is -2.57. The molecule has 1 unspecified atom stereocenters. The number of amides is 1. The molecule has 1 atom stereocenters. The van der Waals surface area contributed by atoms with Gasteiger partial charge in [-0.3, -0.25) is 4.79 Å². The van der Waals surface area contributed by atoms with Crippen LogP contribution in [0.2, 0.25) is 0 Å². The fourth-order valence-electron chi connectivity index (χ4n) is 5.91. The van der Waals surface area contributed by atoms with Crippen molar-refractivity contribution in [3.05, 3.63) is 0 Å². The van der Waals surface area contributed by atoms with Crippen LogP contribution in [0.4, 0.5) is 0 Å². The van der Waals surface area contributed by atoms with Gasteiger partial charge in [-0.2, -0.15) is 0 Å². The van der Waals surface area contributed by atoms with E-state index in [1.165, 1.54) is 19.3 Å². The van der Waals surface area contributed by atoms with Crippen molar-refractivity contribution in [2.24, 2.45) is 23.7 Å². The third kappa shape index (κ3) is 2.73. The second kappa shape index (κ2) is 4.71. The Labute approximate surface area is 127 Å². The number of carbonyl (C=O) groups is 1. The van der Waals surface area contributed by atoms with E-state index in [-0.39, 0.29) is 28.9 Å². The molecular formula is C16H25NO3S. The molecule has 1 amide bonds. The lowest BCUT2D eigenvalue weighted by Crippen LogP contribution is -2.60. The van der Waals surface area contributed by atoms with Crippen LogP contribution in [-0.2, 0) is 14.6 Å². The molecule has 5 heteroatoms. The van der Waals surface area contributed by atoms with Crippen molar-refractivity contribution < 1.29 is 13.2 Å². The van der Waals surface area contributed by atoms with E-state index in [0.29, 0.717) is 12.8 Å². The van der Waals surface area contributed by atoms with Crippen LogP contribution >= 0.6 is 0 Å². The molecule has 4 bridgehead atoms. The Morgan fingerprint density at radius 1 is 1.05 bits per heavy atom. The number of carbonyl (C=O) groups excluding carboxylic acids is 1. The predicted octanol–water partition coefficient (Wildman–Crippen LogP) is 1.90. The van der Waals surface area contributed by atoms with E-state index >= 15 is 0 Å². The minimum atomic E-state index is -2.87. The highest BCUT2D eigenvalue weighted by Crippen LogP contribution is 2.55. The summed E-state index contributed by atoms with van der Waals surface area (Å²) < 4.78 is 23.0. The molecule has 4 nitrogen and oxygen atoms in total. The molecule has 0 aromatic heterocycles. The number of nitrogens with one attached hydrogen (secondary N) is 1. The Morgan fingerprint density at radius 3 is 2.10 bits per heavy atom. The third-order valence-corrected chi connectivity index (χ3v) is 8.08. The molecule has 0 aromatic carbocycles. The third-order valence-electron chi connectivity index (χ3n) is 6.24. The van der Waals surface area contributed by atoms with Gasteiger partial charge < -0.3 is 5.32 Å². The maximum absolute atomic E-state index is 12.4. The predicted molar refractivity (Wildman–Crippen MR) is 80.4 cm³/mol. The Hall–Kier alpha value is -0.580. The average molecular weight is 311 g/mol. The molecule has 0 spiro atoms. The number of hydrogen-bond donors (Lipinski definition) is 1. The first kappa shape index (κ1) is 14.0. The van der Waals surface area contributed by atoms with Gasteiger partial charge in [0.2, 0.25) is 5.91 Å². The van der Waals surface area contributed by atoms with E-state index in [4.69, 9.17) is 0 Å². The van der Waals surface area contributed by atoms with Crippen LogP contribution in [0.5, 0.6) is 0 Å². The molecule has 21 heavy (non-hydrogen) atoms. The van der Waals surface area contributed by atoms with Crippen molar-refractivity contribution in [1.82, 2.24) is 5.32 Å². The highest BCUT2D eigenvalue weighted by Gasteiger charge is 2.51. The van der Waals surface area contributed by atoms with Crippen molar-refractivity contribution in [3.8, 4) is 0 Å². The standard InChI is InChI=1S/C16H25NO3S/c18-15(6-11-1-2-21(19,20)10-11)17-16-7-12-3-13(8-16)5-14(4-12)9-16/h11-14H,1-10H2,(H,17,18). The summed E-state index contributed by atoms with van der Waals surface area (Å²) in [6.45, 7) is 0. The second-order valence-electron chi connectivity index (χ2n) is 8.22. The first-order chi connectivity index (χ1) is 9.91. The zero-order chi connectivity index (χ0) is 14.7. The van der Waals surface area contributed by atoms with Gasteiger partial charge in [0.15, 0.2) is 9.84 Å². The SMILES string of the molecule is O=C(CC1CCS(=O)(=O)C1)NC12CC3CC(CC(C3)C1)C2. The number of sulfone groups is 1. The molecule has 118 valence electrons. The molecule has 5 aliphatic rings. The lowest BCUT2D eigenvalue weighted by atomic mass is 9.53. The molecule has 1 saturated heterocycles. The van der Waals surface area contributed by atoms with Crippen LogP contribution in [0.15, 0.2) is 0 Å². The van der Waals surface area contributed by atoms with Gasteiger partial charge in [0.05, 0.1) is 11.5 Å².